The molecule has 0 aliphatic carbocycles. The Balaban J connectivity index is 2.45. The van der Waals surface area contributed by atoms with Crippen LogP contribution in [-0.2, 0) is 8.85 Å². The minimum Gasteiger partial charge on any atom is -0.386 e. The van der Waals surface area contributed by atoms with Gasteiger partial charge in [0.15, 0.2) is 0 Å². The average molecular weight is 189 g/mol. The van der Waals surface area contributed by atoms with E-state index in [0.29, 0.717) is 5.92 Å². The molecule has 1 fully saturated rings. The lowest BCUT2D eigenvalue weighted by Crippen LogP contribution is -2.67. The third kappa shape index (κ3) is 1.71. The number of nitrogens with zero attached hydrogens (tertiary/aromatic N) is 1. The van der Waals surface area contributed by atoms with Crippen LogP contribution in [0.4, 0.5) is 0 Å². The highest BCUT2D eigenvalue weighted by Crippen LogP contribution is 2.28. The number of hydrogen-bond donors (Lipinski definition) is 0. The standard InChI is InChI=1S/C8H19NO2Si/c1-8(2)7-9-5-6-12(9,10-3)11-4/h8H,5-7H2,1-4H3. The van der Waals surface area contributed by atoms with Crippen molar-refractivity contribution >= 4 is 8.72 Å². The Hall–Kier alpha value is 0.0969. The van der Waals surface area contributed by atoms with Crippen LogP contribution in [0.25, 0.3) is 0 Å². The van der Waals surface area contributed by atoms with Crippen LogP contribution in [0.5, 0.6) is 0 Å². The summed E-state index contributed by atoms with van der Waals surface area (Å²) in [5.41, 5.74) is 0. The Morgan fingerprint density at radius 1 is 1.33 bits per heavy atom. The smallest absolute Gasteiger partial charge is 0.386 e. The van der Waals surface area contributed by atoms with E-state index < -0.39 is 8.72 Å². The SMILES string of the molecule is CO[Si]1(OC)CCN1CC(C)C. The van der Waals surface area contributed by atoms with Crippen molar-refractivity contribution in [3.05, 3.63) is 0 Å². The molecule has 12 heavy (non-hydrogen) atoms. The van der Waals surface area contributed by atoms with Gasteiger partial charge in [-0.15, -0.1) is 0 Å². The van der Waals surface area contributed by atoms with Gasteiger partial charge < -0.3 is 8.85 Å². The third-order valence-electron chi connectivity index (χ3n) is 2.40. The van der Waals surface area contributed by atoms with E-state index in [2.05, 4.69) is 18.4 Å². The summed E-state index contributed by atoms with van der Waals surface area (Å²) in [6, 6.07) is 1.12. The Morgan fingerprint density at radius 3 is 2.17 bits per heavy atom. The summed E-state index contributed by atoms with van der Waals surface area (Å²) in [5.74, 6) is 0.697. The summed E-state index contributed by atoms with van der Waals surface area (Å²) in [6.45, 7) is 6.70. The number of hydrogen-bond acceptors (Lipinski definition) is 3. The second-order valence-corrected chi connectivity index (χ2v) is 7.09. The molecule has 0 radical (unpaired) electrons. The molecule has 0 unspecified atom stereocenters. The highest BCUT2D eigenvalue weighted by Gasteiger charge is 2.51. The maximum absolute atomic E-state index is 5.48. The van der Waals surface area contributed by atoms with Gasteiger partial charge in [0.05, 0.1) is 0 Å². The summed E-state index contributed by atoms with van der Waals surface area (Å²) in [5, 5.41) is 0. The Kier molecular flexibility index (Phi) is 3.28. The summed E-state index contributed by atoms with van der Waals surface area (Å²) in [4.78, 5) is 0. The van der Waals surface area contributed by atoms with Crippen molar-refractivity contribution in [2.24, 2.45) is 5.92 Å². The minimum absolute atomic E-state index is 0.697. The minimum atomic E-state index is -1.85. The van der Waals surface area contributed by atoms with Gasteiger partial charge in [0, 0.05) is 20.3 Å². The highest BCUT2D eigenvalue weighted by atomic mass is 28.4. The van der Waals surface area contributed by atoms with Gasteiger partial charge in [0.1, 0.15) is 0 Å². The van der Waals surface area contributed by atoms with Gasteiger partial charge in [-0.25, -0.2) is 0 Å². The predicted molar refractivity (Wildman–Crippen MR) is 51.0 cm³/mol. The molecule has 0 atom stereocenters. The third-order valence-corrected chi connectivity index (χ3v) is 5.90. The zero-order chi connectivity index (χ0) is 9.19. The summed E-state index contributed by atoms with van der Waals surface area (Å²) in [6.07, 6.45) is 0. The van der Waals surface area contributed by atoms with Gasteiger partial charge in [-0.05, 0) is 19.0 Å². The van der Waals surface area contributed by atoms with Crippen molar-refractivity contribution in [2.45, 2.75) is 19.9 Å². The van der Waals surface area contributed by atoms with Crippen molar-refractivity contribution in [1.29, 1.82) is 0 Å². The van der Waals surface area contributed by atoms with Gasteiger partial charge in [-0.2, -0.15) is 0 Å². The van der Waals surface area contributed by atoms with Crippen LogP contribution in [0.2, 0.25) is 6.04 Å². The van der Waals surface area contributed by atoms with E-state index in [-0.39, 0.29) is 0 Å². The van der Waals surface area contributed by atoms with Gasteiger partial charge in [-0.1, -0.05) is 13.8 Å². The van der Waals surface area contributed by atoms with Crippen molar-refractivity contribution in [2.75, 3.05) is 27.3 Å². The lowest BCUT2D eigenvalue weighted by Gasteiger charge is -2.47. The highest BCUT2D eigenvalue weighted by molar-refractivity contribution is 6.67. The predicted octanol–water partition coefficient (Wildman–Crippen LogP) is 1.19. The fourth-order valence-electron chi connectivity index (χ4n) is 1.67. The largest absolute Gasteiger partial charge is 0.428 e. The molecular formula is C8H19NO2Si. The second-order valence-electron chi connectivity index (χ2n) is 3.71. The maximum atomic E-state index is 5.48. The average Bonchev–Trinajstić information content (AvgIpc) is 2.01. The van der Waals surface area contributed by atoms with Crippen molar-refractivity contribution in [3.8, 4) is 0 Å². The molecule has 0 aromatic heterocycles. The first-order valence-electron chi connectivity index (χ1n) is 4.50. The van der Waals surface area contributed by atoms with E-state index >= 15 is 0 Å². The Bertz CT molecular complexity index is 142. The molecule has 0 bridgehead atoms. The normalized spacial score (nSPS) is 22.8. The van der Waals surface area contributed by atoms with Gasteiger partial charge in [-0.3, -0.25) is 4.57 Å². The molecule has 4 heteroatoms. The fourth-order valence-corrected chi connectivity index (χ4v) is 4.31. The molecule has 0 aromatic carbocycles. The topological polar surface area (TPSA) is 21.7 Å². The van der Waals surface area contributed by atoms with E-state index in [1.54, 1.807) is 14.2 Å². The molecule has 1 rings (SSSR count). The monoisotopic (exact) mass is 189 g/mol. The molecule has 1 aliphatic rings. The van der Waals surface area contributed by atoms with Crippen molar-refractivity contribution in [3.63, 3.8) is 0 Å². The summed E-state index contributed by atoms with van der Waals surface area (Å²) >= 11 is 0. The zero-order valence-electron chi connectivity index (χ0n) is 8.46. The fraction of sp³-hybridized carbons (Fsp3) is 1.00. The molecule has 1 aliphatic heterocycles. The number of rotatable bonds is 4. The molecule has 0 N–H and O–H groups in total. The van der Waals surface area contributed by atoms with E-state index in [1.807, 2.05) is 0 Å². The van der Waals surface area contributed by atoms with E-state index in [4.69, 9.17) is 8.85 Å². The lowest BCUT2D eigenvalue weighted by atomic mass is 10.2. The first-order valence-corrected chi connectivity index (χ1v) is 6.47. The Morgan fingerprint density at radius 2 is 1.92 bits per heavy atom. The van der Waals surface area contributed by atoms with E-state index in [0.717, 1.165) is 19.1 Å². The second kappa shape index (κ2) is 3.87. The molecule has 0 spiro atoms. The van der Waals surface area contributed by atoms with E-state index in [9.17, 15) is 0 Å². The van der Waals surface area contributed by atoms with Gasteiger partial charge >= 0.3 is 8.72 Å². The molecule has 1 heterocycles. The molecular weight excluding hydrogens is 170 g/mol. The Labute approximate surface area is 76.0 Å². The summed E-state index contributed by atoms with van der Waals surface area (Å²) in [7, 11) is 1.68. The maximum Gasteiger partial charge on any atom is 0.428 e. The van der Waals surface area contributed by atoms with Crippen LogP contribution in [0, 0.1) is 5.92 Å². The van der Waals surface area contributed by atoms with Crippen molar-refractivity contribution in [1.82, 2.24) is 4.57 Å². The van der Waals surface area contributed by atoms with Crippen LogP contribution >= 0.6 is 0 Å². The lowest BCUT2D eigenvalue weighted by molar-refractivity contribution is 0.117. The molecule has 0 amide bonds. The van der Waals surface area contributed by atoms with Crippen LogP contribution in [0.3, 0.4) is 0 Å². The van der Waals surface area contributed by atoms with Crippen LogP contribution in [0.15, 0.2) is 0 Å². The zero-order valence-corrected chi connectivity index (χ0v) is 9.46. The molecule has 0 saturated carbocycles. The molecule has 72 valence electrons. The van der Waals surface area contributed by atoms with E-state index in [1.165, 1.54) is 0 Å². The van der Waals surface area contributed by atoms with Crippen LogP contribution in [-0.4, -0.2) is 40.6 Å². The van der Waals surface area contributed by atoms with Gasteiger partial charge in [0.2, 0.25) is 0 Å². The van der Waals surface area contributed by atoms with Crippen LogP contribution in [0.1, 0.15) is 13.8 Å². The van der Waals surface area contributed by atoms with Crippen LogP contribution < -0.4 is 0 Å². The quantitative estimate of drug-likeness (QED) is 0.620. The first-order chi connectivity index (χ1) is 5.64. The molecule has 1 saturated heterocycles. The summed E-state index contributed by atoms with van der Waals surface area (Å²) < 4.78 is 13.3. The molecule has 3 nitrogen and oxygen atoms in total. The van der Waals surface area contributed by atoms with Gasteiger partial charge in [0.25, 0.3) is 0 Å². The first kappa shape index (κ1) is 10.2. The molecule has 0 aromatic rings. The van der Waals surface area contributed by atoms with Crippen molar-refractivity contribution < 1.29 is 8.85 Å².